The first-order chi connectivity index (χ1) is 11.7. The predicted molar refractivity (Wildman–Crippen MR) is 91.3 cm³/mol. The summed E-state index contributed by atoms with van der Waals surface area (Å²) in [5.41, 5.74) is 1.17. The van der Waals surface area contributed by atoms with Crippen LogP contribution >= 0.6 is 11.8 Å². The van der Waals surface area contributed by atoms with Crippen molar-refractivity contribution < 1.29 is 14.3 Å². The molecule has 0 spiro atoms. The quantitative estimate of drug-likeness (QED) is 0.902. The van der Waals surface area contributed by atoms with E-state index in [1.54, 1.807) is 40.9 Å². The third-order valence-corrected chi connectivity index (χ3v) is 5.23. The number of carbonyl (C=O) groups excluding carboxylic acids is 2. The molecule has 3 rings (SSSR count). The Labute approximate surface area is 145 Å². The number of anilines is 1. The van der Waals surface area contributed by atoms with Crippen LogP contribution < -0.4 is 5.32 Å². The van der Waals surface area contributed by atoms with E-state index in [1.807, 2.05) is 6.07 Å². The van der Waals surface area contributed by atoms with Crippen LogP contribution in [-0.4, -0.2) is 47.1 Å². The molecule has 24 heavy (non-hydrogen) atoms. The number of benzene rings is 1. The number of hydrogen-bond donors (Lipinski definition) is 1. The van der Waals surface area contributed by atoms with Gasteiger partial charge in [-0.2, -0.15) is 5.26 Å². The van der Waals surface area contributed by atoms with Gasteiger partial charge < -0.3 is 15.0 Å². The average molecular weight is 345 g/mol. The Morgan fingerprint density at radius 1 is 1.38 bits per heavy atom. The number of nitrogens with one attached hydrogen (secondary N) is 1. The minimum absolute atomic E-state index is 0.00895. The number of nitrogens with zero attached hydrogens (tertiary/aromatic N) is 2. The predicted octanol–water partition coefficient (Wildman–Crippen LogP) is 1.97. The van der Waals surface area contributed by atoms with Crippen molar-refractivity contribution in [2.75, 3.05) is 23.6 Å². The Balaban J connectivity index is 1.60. The highest BCUT2D eigenvalue weighted by molar-refractivity contribution is 7.99. The largest absolute Gasteiger partial charge is 0.378 e. The number of hydrogen-bond acceptors (Lipinski definition) is 5. The van der Waals surface area contributed by atoms with E-state index in [4.69, 9.17) is 10.00 Å². The number of carbonyl (C=O) groups is 2. The highest BCUT2D eigenvalue weighted by Crippen LogP contribution is 2.25. The summed E-state index contributed by atoms with van der Waals surface area (Å²) in [4.78, 5) is 26.6. The van der Waals surface area contributed by atoms with Gasteiger partial charge in [0.1, 0.15) is 6.04 Å². The van der Waals surface area contributed by atoms with Crippen molar-refractivity contribution in [3.8, 4) is 6.07 Å². The standard InChI is InChI=1S/C17H19N3O3S/c18-9-12-3-5-13(6-4-12)19-17(22)15-10-24-11-20(15)16(21)8-14-2-1-7-23-14/h3-6,14-15H,1-2,7-8,10-11H2,(H,19,22)/t14-,15-/m0/s1. The van der Waals surface area contributed by atoms with E-state index < -0.39 is 6.04 Å². The topological polar surface area (TPSA) is 82.4 Å². The van der Waals surface area contributed by atoms with Gasteiger partial charge in [-0.25, -0.2) is 0 Å². The van der Waals surface area contributed by atoms with Crippen molar-refractivity contribution in [1.82, 2.24) is 4.90 Å². The number of ether oxygens (including phenoxy) is 1. The molecule has 6 nitrogen and oxygen atoms in total. The van der Waals surface area contributed by atoms with Crippen molar-refractivity contribution in [2.45, 2.75) is 31.4 Å². The fraction of sp³-hybridized carbons (Fsp3) is 0.471. The fourth-order valence-electron chi connectivity index (χ4n) is 2.88. The summed E-state index contributed by atoms with van der Waals surface area (Å²) in [6.45, 7) is 0.718. The molecule has 1 aromatic carbocycles. The van der Waals surface area contributed by atoms with E-state index in [0.29, 0.717) is 29.3 Å². The first-order valence-corrected chi connectivity index (χ1v) is 9.12. The molecule has 1 aromatic rings. The summed E-state index contributed by atoms with van der Waals surface area (Å²) < 4.78 is 5.52. The van der Waals surface area contributed by atoms with Gasteiger partial charge in [0.15, 0.2) is 0 Å². The van der Waals surface area contributed by atoms with E-state index in [0.717, 1.165) is 19.4 Å². The Kier molecular flexibility index (Phi) is 5.38. The van der Waals surface area contributed by atoms with Crippen LogP contribution in [0.5, 0.6) is 0 Å². The zero-order valence-corrected chi connectivity index (χ0v) is 14.1. The van der Waals surface area contributed by atoms with Gasteiger partial charge in [0, 0.05) is 18.0 Å². The SMILES string of the molecule is N#Cc1ccc(NC(=O)[C@@H]2CSCN2C(=O)C[C@@H]2CCCO2)cc1. The van der Waals surface area contributed by atoms with Crippen molar-refractivity contribution in [3.05, 3.63) is 29.8 Å². The van der Waals surface area contributed by atoms with Crippen LogP contribution in [0.3, 0.4) is 0 Å². The van der Waals surface area contributed by atoms with E-state index in [2.05, 4.69) is 5.32 Å². The van der Waals surface area contributed by atoms with Crippen LogP contribution in [0.25, 0.3) is 0 Å². The molecule has 0 radical (unpaired) electrons. The lowest BCUT2D eigenvalue weighted by atomic mass is 10.1. The highest BCUT2D eigenvalue weighted by atomic mass is 32.2. The Morgan fingerprint density at radius 3 is 2.83 bits per heavy atom. The average Bonchev–Trinajstić information content (AvgIpc) is 3.27. The van der Waals surface area contributed by atoms with Gasteiger partial charge in [0.05, 0.1) is 30.0 Å². The second-order valence-corrected chi connectivity index (χ2v) is 6.90. The summed E-state index contributed by atoms with van der Waals surface area (Å²) in [6.07, 6.45) is 2.25. The summed E-state index contributed by atoms with van der Waals surface area (Å²) in [5.74, 6) is 0.924. The maximum Gasteiger partial charge on any atom is 0.248 e. The van der Waals surface area contributed by atoms with Gasteiger partial charge in [0.25, 0.3) is 0 Å². The molecule has 2 aliphatic rings. The molecule has 1 N–H and O–H groups in total. The summed E-state index contributed by atoms with van der Waals surface area (Å²) in [6, 6.07) is 8.27. The van der Waals surface area contributed by atoms with Crippen LogP contribution in [0, 0.1) is 11.3 Å². The number of thioether (sulfide) groups is 1. The first kappa shape index (κ1) is 16.8. The number of rotatable bonds is 4. The van der Waals surface area contributed by atoms with Crippen LogP contribution in [-0.2, 0) is 14.3 Å². The fourth-order valence-corrected chi connectivity index (χ4v) is 4.06. The Morgan fingerprint density at radius 2 is 2.17 bits per heavy atom. The Bertz CT molecular complexity index is 650. The van der Waals surface area contributed by atoms with Gasteiger partial charge in [-0.15, -0.1) is 11.8 Å². The maximum atomic E-state index is 12.5. The van der Waals surface area contributed by atoms with E-state index >= 15 is 0 Å². The number of amides is 2. The molecule has 0 unspecified atom stereocenters. The molecule has 2 atom stereocenters. The van der Waals surface area contributed by atoms with Crippen LogP contribution in [0.1, 0.15) is 24.8 Å². The monoisotopic (exact) mass is 345 g/mol. The second kappa shape index (κ2) is 7.69. The molecule has 0 saturated carbocycles. The zero-order valence-electron chi connectivity index (χ0n) is 13.2. The molecular formula is C17H19N3O3S. The smallest absolute Gasteiger partial charge is 0.248 e. The molecule has 7 heteroatoms. The highest BCUT2D eigenvalue weighted by Gasteiger charge is 2.35. The minimum atomic E-state index is -0.459. The molecule has 2 saturated heterocycles. The van der Waals surface area contributed by atoms with Crippen molar-refractivity contribution in [3.63, 3.8) is 0 Å². The lowest BCUT2D eigenvalue weighted by molar-refractivity contribution is -0.138. The molecule has 2 fully saturated rings. The molecule has 2 heterocycles. The molecule has 2 amide bonds. The molecule has 0 aliphatic carbocycles. The summed E-state index contributed by atoms with van der Waals surface area (Å²) in [5, 5.41) is 11.6. The van der Waals surface area contributed by atoms with Gasteiger partial charge in [0.2, 0.25) is 11.8 Å². The summed E-state index contributed by atoms with van der Waals surface area (Å²) >= 11 is 1.58. The molecule has 0 bridgehead atoms. The van der Waals surface area contributed by atoms with E-state index in [1.165, 1.54) is 0 Å². The maximum absolute atomic E-state index is 12.5. The number of nitriles is 1. The molecule has 2 aliphatic heterocycles. The van der Waals surface area contributed by atoms with Crippen LogP contribution in [0.4, 0.5) is 5.69 Å². The zero-order chi connectivity index (χ0) is 16.9. The van der Waals surface area contributed by atoms with Gasteiger partial charge in [-0.3, -0.25) is 9.59 Å². The third-order valence-electron chi connectivity index (χ3n) is 4.21. The van der Waals surface area contributed by atoms with Gasteiger partial charge in [-0.1, -0.05) is 0 Å². The lowest BCUT2D eigenvalue weighted by Gasteiger charge is -2.24. The summed E-state index contributed by atoms with van der Waals surface area (Å²) in [7, 11) is 0. The van der Waals surface area contributed by atoms with Gasteiger partial charge >= 0.3 is 0 Å². The Hall–Kier alpha value is -2.04. The third kappa shape index (κ3) is 3.89. The van der Waals surface area contributed by atoms with Crippen molar-refractivity contribution in [1.29, 1.82) is 5.26 Å². The van der Waals surface area contributed by atoms with Crippen molar-refractivity contribution in [2.24, 2.45) is 0 Å². The van der Waals surface area contributed by atoms with Crippen molar-refractivity contribution >= 4 is 29.3 Å². The van der Waals surface area contributed by atoms with E-state index in [9.17, 15) is 9.59 Å². The van der Waals surface area contributed by atoms with E-state index in [-0.39, 0.29) is 17.9 Å². The lowest BCUT2D eigenvalue weighted by Crippen LogP contribution is -2.45. The second-order valence-electron chi connectivity index (χ2n) is 5.90. The minimum Gasteiger partial charge on any atom is -0.378 e. The molecular weight excluding hydrogens is 326 g/mol. The normalized spacial score (nSPS) is 23.0. The van der Waals surface area contributed by atoms with Crippen LogP contribution in [0.2, 0.25) is 0 Å². The van der Waals surface area contributed by atoms with Crippen LogP contribution in [0.15, 0.2) is 24.3 Å². The van der Waals surface area contributed by atoms with Gasteiger partial charge in [-0.05, 0) is 37.1 Å². The first-order valence-electron chi connectivity index (χ1n) is 7.97. The molecule has 126 valence electrons. The molecule has 0 aromatic heterocycles.